The molecule has 3 heterocycles. The van der Waals surface area contributed by atoms with Gasteiger partial charge in [0.25, 0.3) is 15.9 Å². The predicted molar refractivity (Wildman–Crippen MR) is 125 cm³/mol. The number of amides is 1. The Bertz CT molecular complexity index is 1260. The van der Waals surface area contributed by atoms with Crippen LogP contribution in [-0.4, -0.2) is 56.1 Å². The Labute approximate surface area is 194 Å². The summed E-state index contributed by atoms with van der Waals surface area (Å²) in [5, 5.41) is 1.72. The van der Waals surface area contributed by atoms with Crippen LogP contribution in [0.15, 0.2) is 44.9 Å². The average Bonchev–Trinajstić information content (AvgIpc) is 3.52. The van der Waals surface area contributed by atoms with Gasteiger partial charge in [-0.3, -0.25) is 4.79 Å². The molecule has 2 aromatic heterocycles. The Morgan fingerprint density at radius 2 is 2.16 bits per heavy atom. The van der Waals surface area contributed by atoms with Gasteiger partial charge in [-0.05, 0) is 49.4 Å². The molecule has 0 aliphatic carbocycles. The maximum absolute atomic E-state index is 13.2. The number of benzene rings is 1. The molecule has 32 heavy (non-hydrogen) atoms. The van der Waals surface area contributed by atoms with Crippen LogP contribution < -0.4 is 9.54 Å². The molecule has 1 unspecified atom stereocenters. The highest BCUT2D eigenvalue weighted by Crippen LogP contribution is 2.29. The molecule has 11 heteroatoms. The zero-order chi connectivity index (χ0) is 22.7. The summed E-state index contributed by atoms with van der Waals surface area (Å²) in [4.78, 5) is 18.1. The van der Waals surface area contributed by atoms with Gasteiger partial charge in [0.2, 0.25) is 0 Å². The van der Waals surface area contributed by atoms with Gasteiger partial charge < -0.3 is 14.0 Å². The van der Waals surface area contributed by atoms with Crippen molar-refractivity contribution in [1.29, 1.82) is 0 Å². The van der Waals surface area contributed by atoms with Gasteiger partial charge in [-0.25, -0.2) is 8.42 Å². The van der Waals surface area contributed by atoms with E-state index in [9.17, 15) is 13.2 Å². The van der Waals surface area contributed by atoms with E-state index in [4.69, 9.17) is 9.47 Å². The Morgan fingerprint density at radius 1 is 1.31 bits per heavy atom. The molecule has 8 nitrogen and oxygen atoms in total. The summed E-state index contributed by atoms with van der Waals surface area (Å²) in [6, 6.07) is 8.24. The van der Waals surface area contributed by atoms with E-state index >= 15 is 0 Å². The first-order valence-corrected chi connectivity index (χ1v) is 13.5. The van der Waals surface area contributed by atoms with E-state index in [2.05, 4.69) is 4.99 Å². The molecule has 0 bridgehead atoms. The normalized spacial score (nSPS) is 17.9. The van der Waals surface area contributed by atoms with Crippen molar-refractivity contribution in [2.24, 2.45) is 4.99 Å². The molecular weight excluding hydrogens is 470 g/mol. The standard InChI is InChI=1S/C21H25N3O5S3/c1-3-29-15-8-9-16-18(14-15)31-21(23(16)11-12-28-2)22-20(25)17-6-4-10-24(17)32(26,27)19-7-5-13-30-19/h5,7-9,13-14,17H,3-4,6,10-12H2,1-2H3. The van der Waals surface area contributed by atoms with Crippen molar-refractivity contribution >= 4 is 48.8 Å². The molecule has 0 radical (unpaired) electrons. The number of methoxy groups -OCH3 is 1. The lowest BCUT2D eigenvalue weighted by atomic mass is 10.2. The van der Waals surface area contributed by atoms with E-state index in [1.165, 1.54) is 15.6 Å². The maximum atomic E-state index is 13.2. The minimum absolute atomic E-state index is 0.248. The van der Waals surface area contributed by atoms with Crippen molar-refractivity contribution in [1.82, 2.24) is 8.87 Å². The minimum Gasteiger partial charge on any atom is -0.494 e. The molecular formula is C21H25N3O5S3. The molecule has 172 valence electrons. The van der Waals surface area contributed by atoms with Crippen LogP contribution in [0.1, 0.15) is 19.8 Å². The molecule has 3 aromatic rings. The summed E-state index contributed by atoms with van der Waals surface area (Å²) in [7, 11) is -2.09. The van der Waals surface area contributed by atoms with Crippen molar-refractivity contribution < 1.29 is 22.7 Å². The highest BCUT2D eigenvalue weighted by molar-refractivity contribution is 7.91. The molecule has 0 saturated carbocycles. The SMILES string of the molecule is CCOc1ccc2c(c1)sc(=NC(=O)C1CCCN1S(=O)(=O)c1cccs1)n2CCOC. The third-order valence-corrected chi connectivity index (χ3v) is 9.56. The number of rotatable bonds is 8. The summed E-state index contributed by atoms with van der Waals surface area (Å²) >= 11 is 2.54. The van der Waals surface area contributed by atoms with Crippen molar-refractivity contribution in [3.05, 3.63) is 40.5 Å². The summed E-state index contributed by atoms with van der Waals surface area (Å²) in [5.74, 6) is 0.312. The van der Waals surface area contributed by atoms with E-state index in [0.717, 1.165) is 27.3 Å². The molecule has 1 saturated heterocycles. The molecule has 4 rings (SSSR count). The molecule has 1 fully saturated rings. The monoisotopic (exact) mass is 495 g/mol. The first-order chi connectivity index (χ1) is 15.5. The molecule has 1 aliphatic rings. The van der Waals surface area contributed by atoms with Crippen LogP contribution in [0.25, 0.3) is 10.2 Å². The zero-order valence-corrected chi connectivity index (χ0v) is 20.3. The summed E-state index contributed by atoms with van der Waals surface area (Å²) < 4.78 is 41.3. The van der Waals surface area contributed by atoms with Crippen LogP contribution in [0.2, 0.25) is 0 Å². The van der Waals surface area contributed by atoms with E-state index in [1.807, 2.05) is 29.7 Å². The number of thiophene rings is 1. The van der Waals surface area contributed by atoms with Crippen LogP contribution >= 0.6 is 22.7 Å². The quantitative estimate of drug-likeness (QED) is 0.479. The number of sulfonamides is 1. The molecule has 1 amide bonds. The van der Waals surface area contributed by atoms with Gasteiger partial charge in [0.15, 0.2) is 4.80 Å². The lowest BCUT2D eigenvalue weighted by Crippen LogP contribution is -2.40. The fourth-order valence-electron chi connectivity index (χ4n) is 3.76. The summed E-state index contributed by atoms with van der Waals surface area (Å²) in [6.45, 7) is 3.79. The van der Waals surface area contributed by atoms with Gasteiger partial charge in [0.1, 0.15) is 16.0 Å². The Balaban J connectivity index is 1.71. The number of hydrogen-bond acceptors (Lipinski definition) is 7. The third kappa shape index (κ3) is 4.53. The maximum Gasteiger partial charge on any atom is 0.266 e. The summed E-state index contributed by atoms with van der Waals surface area (Å²) in [6.07, 6.45) is 1.09. The highest BCUT2D eigenvalue weighted by atomic mass is 32.2. The summed E-state index contributed by atoms with van der Waals surface area (Å²) in [5.41, 5.74) is 0.927. The van der Waals surface area contributed by atoms with E-state index < -0.39 is 22.0 Å². The number of hydrogen-bond donors (Lipinski definition) is 0. The Morgan fingerprint density at radius 3 is 2.88 bits per heavy atom. The number of carbonyl (C=O) groups excluding carboxylic acids is 1. The van der Waals surface area contributed by atoms with Crippen LogP contribution in [0, 0.1) is 0 Å². The predicted octanol–water partition coefficient (Wildman–Crippen LogP) is 3.09. The largest absolute Gasteiger partial charge is 0.494 e. The van der Waals surface area contributed by atoms with Gasteiger partial charge in [0.05, 0.1) is 23.4 Å². The third-order valence-electron chi connectivity index (χ3n) is 5.24. The Hall–Kier alpha value is -2.05. The van der Waals surface area contributed by atoms with Gasteiger partial charge in [-0.2, -0.15) is 9.30 Å². The number of fused-ring (bicyclic) bond motifs is 1. The second-order valence-electron chi connectivity index (χ2n) is 7.25. The van der Waals surface area contributed by atoms with Crippen LogP contribution in [0.5, 0.6) is 5.75 Å². The molecule has 0 spiro atoms. The lowest BCUT2D eigenvalue weighted by molar-refractivity contribution is -0.121. The van der Waals surface area contributed by atoms with Crippen molar-refractivity contribution in [3.8, 4) is 5.75 Å². The first-order valence-electron chi connectivity index (χ1n) is 10.3. The van der Waals surface area contributed by atoms with Gasteiger partial charge in [0, 0.05) is 20.2 Å². The molecule has 1 aliphatic heterocycles. The van der Waals surface area contributed by atoms with Crippen molar-refractivity contribution in [2.45, 2.75) is 36.6 Å². The molecule has 0 N–H and O–H groups in total. The first kappa shape index (κ1) is 23.1. The fourth-order valence-corrected chi connectivity index (χ4v) is 7.62. The Kier molecular flexibility index (Phi) is 7.11. The number of carbonyl (C=O) groups is 1. The smallest absolute Gasteiger partial charge is 0.266 e. The highest BCUT2D eigenvalue weighted by Gasteiger charge is 2.39. The van der Waals surface area contributed by atoms with Gasteiger partial charge in [-0.1, -0.05) is 17.4 Å². The lowest BCUT2D eigenvalue weighted by Gasteiger charge is -2.20. The topological polar surface area (TPSA) is 90.2 Å². The van der Waals surface area contributed by atoms with Crippen LogP contribution in [0.4, 0.5) is 0 Å². The van der Waals surface area contributed by atoms with Gasteiger partial charge in [-0.15, -0.1) is 11.3 Å². The molecule has 1 atom stereocenters. The molecule has 1 aromatic carbocycles. The zero-order valence-electron chi connectivity index (χ0n) is 17.9. The second-order valence-corrected chi connectivity index (χ2v) is 11.3. The fraction of sp³-hybridized carbons (Fsp3) is 0.429. The van der Waals surface area contributed by atoms with E-state index in [1.54, 1.807) is 24.6 Å². The van der Waals surface area contributed by atoms with E-state index in [-0.39, 0.29) is 4.21 Å². The number of aromatic nitrogens is 1. The van der Waals surface area contributed by atoms with Crippen LogP contribution in [0.3, 0.4) is 0 Å². The number of nitrogens with zero attached hydrogens (tertiary/aromatic N) is 3. The van der Waals surface area contributed by atoms with Crippen molar-refractivity contribution in [3.63, 3.8) is 0 Å². The number of thiazole rings is 1. The average molecular weight is 496 g/mol. The van der Waals surface area contributed by atoms with E-state index in [0.29, 0.717) is 43.9 Å². The van der Waals surface area contributed by atoms with Crippen molar-refractivity contribution in [2.75, 3.05) is 26.9 Å². The van der Waals surface area contributed by atoms with Crippen LogP contribution in [-0.2, 0) is 26.1 Å². The minimum atomic E-state index is -3.71. The number of ether oxygens (including phenoxy) is 2. The van der Waals surface area contributed by atoms with Gasteiger partial charge >= 0.3 is 0 Å². The second kappa shape index (κ2) is 9.84.